The van der Waals surface area contributed by atoms with Gasteiger partial charge >= 0.3 is 0 Å². The molecule has 1 N–H and O–H groups in total. The van der Waals surface area contributed by atoms with Gasteiger partial charge in [0.15, 0.2) is 0 Å². The van der Waals surface area contributed by atoms with Crippen molar-refractivity contribution in [1.29, 1.82) is 0 Å². The van der Waals surface area contributed by atoms with E-state index in [9.17, 15) is 0 Å². The van der Waals surface area contributed by atoms with E-state index < -0.39 is 0 Å². The number of likely N-dealkylation sites (tertiary alicyclic amines) is 1. The predicted octanol–water partition coefficient (Wildman–Crippen LogP) is 3.17. The molecule has 1 atom stereocenters. The molecule has 1 aliphatic heterocycles. The van der Waals surface area contributed by atoms with Crippen molar-refractivity contribution in [2.45, 2.75) is 58.8 Å². The summed E-state index contributed by atoms with van der Waals surface area (Å²) in [6.07, 6.45) is 2.88. The fraction of sp³-hybridized carbons (Fsp3) is 0.750. The van der Waals surface area contributed by atoms with E-state index in [0.29, 0.717) is 12.1 Å². The fourth-order valence-corrected chi connectivity index (χ4v) is 3.73. The first-order chi connectivity index (χ1) is 9.58. The van der Waals surface area contributed by atoms with E-state index in [1.807, 2.05) is 18.4 Å². The maximum atomic E-state index is 5.51. The van der Waals surface area contributed by atoms with E-state index in [1.54, 1.807) is 0 Å². The van der Waals surface area contributed by atoms with Crippen LogP contribution in [0.25, 0.3) is 0 Å². The van der Waals surface area contributed by atoms with E-state index in [0.717, 1.165) is 19.6 Å². The van der Waals surface area contributed by atoms with Crippen LogP contribution in [-0.4, -0.2) is 37.2 Å². The number of rotatable bonds is 6. The molecular formula is C16H28N2OS. The first-order valence-corrected chi connectivity index (χ1v) is 8.47. The van der Waals surface area contributed by atoms with Gasteiger partial charge in [0, 0.05) is 42.5 Å². The van der Waals surface area contributed by atoms with Gasteiger partial charge in [0.1, 0.15) is 0 Å². The number of nitrogens with zero attached hydrogens (tertiary/aromatic N) is 1. The van der Waals surface area contributed by atoms with Crippen LogP contribution >= 0.6 is 11.3 Å². The summed E-state index contributed by atoms with van der Waals surface area (Å²) < 4.78 is 5.51. The Morgan fingerprint density at radius 3 is 3.00 bits per heavy atom. The Morgan fingerprint density at radius 1 is 1.50 bits per heavy atom. The highest BCUT2D eigenvalue weighted by Gasteiger charge is 2.20. The van der Waals surface area contributed by atoms with Crippen LogP contribution in [-0.2, 0) is 17.8 Å². The Balaban J connectivity index is 1.91. The number of thiophene rings is 1. The zero-order valence-electron chi connectivity index (χ0n) is 13.2. The molecule has 0 amide bonds. The molecule has 1 aromatic rings. The SMILES string of the molecule is COC1CCCN(Cc2cc(CNC(C)C)sc2C)C1. The summed E-state index contributed by atoms with van der Waals surface area (Å²) in [6.45, 7) is 11.0. The molecule has 20 heavy (non-hydrogen) atoms. The minimum atomic E-state index is 0.421. The minimum absolute atomic E-state index is 0.421. The number of ether oxygens (including phenoxy) is 1. The summed E-state index contributed by atoms with van der Waals surface area (Å²) in [6, 6.07) is 2.93. The standard InChI is InChI=1S/C16H28N2OS/c1-12(2)17-9-16-8-14(13(3)20-16)10-18-7-5-6-15(11-18)19-4/h8,12,15,17H,5-7,9-11H2,1-4H3. The second-order valence-electron chi connectivity index (χ2n) is 6.06. The summed E-state index contributed by atoms with van der Waals surface area (Å²) in [4.78, 5) is 5.45. The average molecular weight is 296 g/mol. The molecule has 2 rings (SSSR count). The summed E-state index contributed by atoms with van der Waals surface area (Å²) in [5.74, 6) is 0. The van der Waals surface area contributed by atoms with E-state index in [4.69, 9.17) is 4.74 Å². The van der Waals surface area contributed by atoms with Crippen molar-refractivity contribution < 1.29 is 4.74 Å². The molecule has 1 unspecified atom stereocenters. The molecule has 0 aliphatic carbocycles. The molecule has 1 aromatic heterocycles. The number of hydrogen-bond acceptors (Lipinski definition) is 4. The van der Waals surface area contributed by atoms with Gasteiger partial charge in [-0.15, -0.1) is 11.3 Å². The first kappa shape index (κ1) is 16.0. The van der Waals surface area contributed by atoms with Crippen molar-refractivity contribution in [3.8, 4) is 0 Å². The van der Waals surface area contributed by atoms with Gasteiger partial charge in [-0.1, -0.05) is 13.8 Å². The van der Waals surface area contributed by atoms with E-state index in [2.05, 4.69) is 37.1 Å². The first-order valence-electron chi connectivity index (χ1n) is 7.65. The Hall–Kier alpha value is -0.420. The van der Waals surface area contributed by atoms with Crippen LogP contribution in [0.5, 0.6) is 0 Å². The Labute approximate surface area is 127 Å². The lowest BCUT2D eigenvalue weighted by molar-refractivity contribution is 0.0285. The van der Waals surface area contributed by atoms with Crippen molar-refractivity contribution in [3.05, 3.63) is 21.4 Å². The Kier molecular flexibility index (Phi) is 6.02. The summed E-state index contributed by atoms with van der Waals surface area (Å²) in [5.41, 5.74) is 1.49. The predicted molar refractivity (Wildman–Crippen MR) is 86.3 cm³/mol. The highest BCUT2D eigenvalue weighted by Crippen LogP contribution is 2.24. The normalized spacial score (nSPS) is 20.8. The van der Waals surface area contributed by atoms with Gasteiger partial charge in [-0.2, -0.15) is 0 Å². The summed E-state index contributed by atoms with van der Waals surface area (Å²) >= 11 is 1.93. The lowest BCUT2D eigenvalue weighted by atomic mass is 10.1. The molecule has 2 heterocycles. The number of nitrogens with one attached hydrogen (secondary N) is 1. The zero-order chi connectivity index (χ0) is 14.5. The Morgan fingerprint density at radius 2 is 2.30 bits per heavy atom. The van der Waals surface area contributed by atoms with Gasteiger partial charge in [-0.3, -0.25) is 4.90 Å². The maximum absolute atomic E-state index is 5.51. The molecule has 4 heteroatoms. The average Bonchev–Trinajstić information content (AvgIpc) is 2.77. The molecule has 3 nitrogen and oxygen atoms in total. The molecule has 1 fully saturated rings. The van der Waals surface area contributed by atoms with Gasteiger partial charge in [0.25, 0.3) is 0 Å². The van der Waals surface area contributed by atoms with E-state index in [-0.39, 0.29) is 0 Å². The Bertz CT molecular complexity index is 417. The second kappa shape index (κ2) is 7.55. The monoisotopic (exact) mass is 296 g/mol. The van der Waals surface area contributed by atoms with Crippen LogP contribution in [0.1, 0.15) is 42.0 Å². The van der Waals surface area contributed by atoms with Crippen LogP contribution in [0, 0.1) is 6.92 Å². The maximum Gasteiger partial charge on any atom is 0.0698 e. The van der Waals surface area contributed by atoms with Gasteiger partial charge in [0.2, 0.25) is 0 Å². The van der Waals surface area contributed by atoms with Crippen LogP contribution in [0.3, 0.4) is 0 Å². The number of hydrogen-bond donors (Lipinski definition) is 1. The summed E-state index contributed by atoms with van der Waals surface area (Å²) in [5, 5.41) is 3.50. The number of methoxy groups -OCH3 is 1. The highest BCUT2D eigenvalue weighted by atomic mass is 32.1. The smallest absolute Gasteiger partial charge is 0.0698 e. The highest BCUT2D eigenvalue weighted by molar-refractivity contribution is 7.12. The minimum Gasteiger partial charge on any atom is -0.380 e. The third kappa shape index (κ3) is 4.55. The van der Waals surface area contributed by atoms with Crippen molar-refractivity contribution in [1.82, 2.24) is 10.2 Å². The quantitative estimate of drug-likeness (QED) is 0.872. The third-order valence-electron chi connectivity index (χ3n) is 3.95. The van der Waals surface area contributed by atoms with Crippen LogP contribution in [0.2, 0.25) is 0 Å². The van der Waals surface area contributed by atoms with Gasteiger partial charge < -0.3 is 10.1 Å². The number of aryl methyl sites for hydroxylation is 1. The van der Waals surface area contributed by atoms with Crippen molar-refractivity contribution >= 4 is 11.3 Å². The molecule has 0 spiro atoms. The molecule has 0 aromatic carbocycles. The fourth-order valence-electron chi connectivity index (χ4n) is 2.73. The van der Waals surface area contributed by atoms with Crippen molar-refractivity contribution in [3.63, 3.8) is 0 Å². The van der Waals surface area contributed by atoms with Gasteiger partial charge in [0.05, 0.1) is 6.10 Å². The van der Waals surface area contributed by atoms with Crippen LogP contribution in [0.4, 0.5) is 0 Å². The molecule has 0 radical (unpaired) electrons. The topological polar surface area (TPSA) is 24.5 Å². The molecular weight excluding hydrogens is 268 g/mol. The van der Waals surface area contributed by atoms with E-state index >= 15 is 0 Å². The zero-order valence-corrected chi connectivity index (χ0v) is 14.1. The summed E-state index contributed by atoms with van der Waals surface area (Å²) in [7, 11) is 1.83. The molecule has 0 bridgehead atoms. The number of piperidine rings is 1. The van der Waals surface area contributed by atoms with Gasteiger partial charge in [-0.05, 0) is 37.9 Å². The lowest BCUT2D eigenvalue weighted by Crippen LogP contribution is -2.38. The molecule has 114 valence electrons. The van der Waals surface area contributed by atoms with Crippen LogP contribution < -0.4 is 5.32 Å². The molecule has 1 saturated heterocycles. The van der Waals surface area contributed by atoms with Crippen LogP contribution in [0.15, 0.2) is 6.07 Å². The lowest BCUT2D eigenvalue weighted by Gasteiger charge is -2.31. The van der Waals surface area contributed by atoms with Crippen molar-refractivity contribution in [2.24, 2.45) is 0 Å². The van der Waals surface area contributed by atoms with Crippen molar-refractivity contribution in [2.75, 3.05) is 20.2 Å². The molecule has 1 aliphatic rings. The van der Waals surface area contributed by atoms with E-state index in [1.165, 1.54) is 34.7 Å². The third-order valence-corrected chi connectivity index (χ3v) is 5.04. The molecule has 0 saturated carbocycles. The second-order valence-corrected chi connectivity index (χ2v) is 7.41. The van der Waals surface area contributed by atoms with Gasteiger partial charge in [-0.25, -0.2) is 0 Å². The largest absolute Gasteiger partial charge is 0.380 e.